The summed E-state index contributed by atoms with van der Waals surface area (Å²) in [6, 6.07) is 16.7. The lowest BCUT2D eigenvalue weighted by atomic mass is 10.1. The highest BCUT2D eigenvalue weighted by atomic mass is 35.5. The number of benzene rings is 3. The minimum Gasteiger partial charge on any atom is -0.495 e. The average Bonchev–Trinajstić information content (AvgIpc) is 3.06. The van der Waals surface area contributed by atoms with E-state index >= 15 is 0 Å². The van der Waals surface area contributed by atoms with Crippen molar-refractivity contribution in [1.29, 1.82) is 0 Å². The highest BCUT2D eigenvalue weighted by Crippen LogP contribution is 2.36. The summed E-state index contributed by atoms with van der Waals surface area (Å²) < 4.78 is 17.2. The molecule has 0 saturated heterocycles. The van der Waals surface area contributed by atoms with Crippen LogP contribution in [0.1, 0.15) is 12.5 Å². The highest BCUT2D eigenvalue weighted by molar-refractivity contribution is 6.30. The van der Waals surface area contributed by atoms with Crippen molar-refractivity contribution in [3.8, 4) is 11.5 Å². The third-order valence-corrected chi connectivity index (χ3v) is 5.00. The fraction of sp³-hybridized carbons (Fsp3) is 0.174. The van der Waals surface area contributed by atoms with Gasteiger partial charge in [-0.2, -0.15) is 0 Å². The molecule has 0 bridgehead atoms. The average molecular weight is 410 g/mol. The first-order valence-corrected chi connectivity index (χ1v) is 9.57. The standard InChI is InChI=1S/C23H20ClNO4/c1-13-10-15(24)8-9-19(13)28-14(2)23(26)25-18-12-21-17(11-22(18)27-3)16-6-4-5-7-20(16)29-21/h4-12,14H,1-3H3,(H,25,26)/t14-/m1/s1. The van der Waals surface area contributed by atoms with Crippen molar-refractivity contribution < 1.29 is 18.7 Å². The monoisotopic (exact) mass is 409 g/mol. The van der Waals surface area contributed by atoms with Crippen molar-refractivity contribution in [2.75, 3.05) is 12.4 Å². The predicted octanol–water partition coefficient (Wildman–Crippen LogP) is 5.96. The molecule has 0 unspecified atom stereocenters. The molecule has 1 aromatic heterocycles. The second kappa shape index (κ2) is 7.68. The Labute approximate surface area is 173 Å². The number of hydrogen-bond donors (Lipinski definition) is 1. The maximum atomic E-state index is 12.7. The van der Waals surface area contributed by atoms with Gasteiger partial charge in [-0.05, 0) is 49.7 Å². The van der Waals surface area contributed by atoms with E-state index in [1.165, 1.54) is 0 Å². The van der Waals surface area contributed by atoms with Gasteiger partial charge in [0.2, 0.25) is 0 Å². The van der Waals surface area contributed by atoms with E-state index in [1.807, 2.05) is 37.3 Å². The van der Waals surface area contributed by atoms with Crippen LogP contribution in [0.4, 0.5) is 5.69 Å². The van der Waals surface area contributed by atoms with Gasteiger partial charge in [0.05, 0.1) is 12.8 Å². The number of carbonyl (C=O) groups excluding carboxylic acids is 1. The first-order valence-electron chi connectivity index (χ1n) is 9.19. The Kier molecular flexibility index (Phi) is 5.07. The molecule has 0 aliphatic rings. The SMILES string of the molecule is COc1cc2c(cc1NC(=O)[C@@H](C)Oc1ccc(Cl)cc1C)oc1ccccc12. The lowest BCUT2D eigenvalue weighted by Gasteiger charge is -2.17. The zero-order valence-corrected chi connectivity index (χ0v) is 17.0. The Balaban J connectivity index is 1.60. The number of methoxy groups -OCH3 is 1. The van der Waals surface area contributed by atoms with Gasteiger partial charge in [0.15, 0.2) is 6.10 Å². The van der Waals surface area contributed by atoms with E-state index in [2.05, 4.69) is 5.32 Å². The lowest BCUT2D eigenvalue weighted by Crippen LogP contribution is -2.30. The molecule has 1 amide bonds. The van der Waals surface area contributed by atoms with Crippen molar-refractivity contribution in [2.24, 2.45) is 0 Å². The van der Waals surface area contributed by atoms with Crippen molar-refractivity contribution in [2.45, 2.75) is 20.0 Å². The van der Waals surface area contributed by atoms with Crippen molar-refractivity contribution in [3.05, 3.63) is 65.2 Å². The predicted molar refractivity (Wildman–Crippen MR) is 115 cm³/mol. The quantitative estimate of drug-likeness (QED) is 0.441. The summed E-state index contributed by atoms with van der Waals surface area (Å²) in [5.41, 5.74) is 2.83. The minimum atomic E-state index is -0.717. The van der Waals surface area contributed by atoms with Gasteiger partial charge in [0.25, 0.3) is 5.91 Å². The molecule has 148 valence electrons. The Morgan fingerprint density at radius 1 is 1.03 bits per heavy atom. The number of ether oxygens (including phenoxy) is 2. The largest absolute Gasteiger partial charge is 0.495 e. The van der Waals surface area contributed by atoms with Crippen molar-refractivity contribution in [3.63, 3.8) is 0 Å². The minimum absolute atomic E-state index is 0.298. The summed E-state index contributed by atoms with van der Waals surface area (Å²) in [6.45, 7) is 3.57. The fourth-order valence-corrected chi connectivity index (χ4v) is 3.47. The number of halogens is 1. The summed E-state index contributed by atoms with van der Waals surface area (Å²) in [5.74, 6) is 0.858. The molecule has 1 atom stereocenters. The summed E-state index contributed by atoms with van der Waals surface area (Å²) >= 11 is 5.98. The molecule has 4 rings (SSSR count). The number of nitrogens with one attached hydrogen (secondary N) is 1. The van der Waals surface area contributed by atoms with Crippen LogP contribution in [0.15, 0.2) is 59.0 Å². The molecule has 0 aliphatic carbocycles. The number of aryl methyl sites for hydroxylation is 1. The molecule has 1 heterocycles. The van der Waals surface area contributed by atoms with Crippen molar-refractivity contribution in [1.82, 2.24) is 0 Å². The van der Waals surface area contributed by atoms with Crippen LogP contribution in [0.3, 0.4) is 0 Å². The maximum absolute atomic E-state index is 12.7. The Morgan fingerprint density at radius 3 is 2.59 bits per heavy atom. The van der Waals surface area contributed by atoms with Gasteiger partial charge in [0.1, 0.15) is 22.7 Å². The summed E-state index contributed by atoms with van der Waals surface area (Å²) in [6.07, 6.45) is -0.717. The van der Waals surface area contributed by atoms with Gasteiger partial charge in [-0.25, -0.2) is 0 Å². The second-order valence-corrected chi connectivity index (χ2v) is 7.24. The van der Waals surface area contributed by atoms with Gasteiger partial charge in [-0.15, -0.1) is 0 Å². The van der Waals surface area contributed by atoms with Gasteiger partial charge in [-0.3, -0.25) is 4.79 Å². The smallest absolute Gasteiger partial charge is 0.265 e. The second-order valence-electron chi connectivity index (χ2n) is 6.81. The number of anilines is 1. The molecule has 0 saturated carbocycles. The van der Waals surface area contributed by atoms with Crippen LogP contribution < -0.4 is 14.8 Å². The third kappa shape index (κ3) is 3.74. The third-order valence-electron chi connectivity index (χ3n) is 4.77. The normalized spacial score (nSPS) is 12.1. The van der Waals surface area contributed by atoms with Crippen LogP contribution >= 0.6 is 11.6 Å². The number of furan rings is 1. The van der Waals surface area contributed by atoms with E-state index in [0.29, 0.717) is 27.8 Å². The van der Waals surface area contributed by atoms with E-state index in [9.17, 15) is 4.79 Å². The number of rotatable bonds is 5. The molecule has 6 heteroatoms. The zero-order valence-electron chi connectivity index (χ0n) is 16.3. The number of amides is 1. The first-order chi connectivity index (χ1) is 14.0. The Hall–Kier alpha value is -3.18. The van der Waals surface area contributed by atoms with Gasteiger partial charge >= 0.3 is 0 Å². The van der Waals surface area contributed by atoms with Crippen LogP contribution in [0.2, 0.25) is 5.02 Å². The molecule has 5 nitrogen and oxygen atoms in total. The number of para-hydroxylation sites is 1. The van der Waals surface area contributed by atoms with Crippen LogP contribution in [0.5, 0.6) is 11.5 Å². The molecule has 1 N–H and O–H groups in total. The fourth-order valence-electron chi connectivity index (χ4n) is 3.24. The van der Waals surface area contributed by atoms with E-state index in [4.69, 9.17) is 25.5 Å². The van der Waals surface area contributed by atoms with Crippen LogP contribution in [0.25, 0.3) is 21.9 Å². The molecule has 0 fully saturated rings. The lowest BCUT2D eigenvalue weighted by molar-refractivity contribution is -0.122. The summed E-state index contributed by atoms with van der Waals surface area (Å²) in [7, 11) is 1.57. The van der Waals surface area contributed by atoms with E-state index in [-0.39, 0.29) is 5.91 Å². The number of fused-ring (bicyclic) bond motifs is 3. The molecule has 29 heavy (non-hydrogen) atoms. The summed E-state index contributed by atoms with van der Waals surface area (Å²) in [4.78, 5) is 12.7. The Morgan fingerprint density at radius 2 is 1.83 bits per heavy atom. The molecule has 4 aromatic rings. The molecule has 0 spiro atoms. The molecular weight excluding hydrogens is 390 g/mol. The molecule has 3 aromatic carbocycles. The maximum Gasteiger partial charge on any atom is 0.265 e. The van der Waals surface area contributed by atoms with Crippen LogP contribution in [0, 0.1) is 6.92 Å². The van der Waals surface area contributed by atoms with E-state index < -0.39 is 6.10 Å². The Bertz CT molecular complexity index is 1210. The highest BCUT2D eigenvalue weighted by Gasteiger charge is 2.19. The zero-order chi connectivity index (χ0) is 20.5. The van der Waals surface area contributed by atoms with Crippen LogP contribution in [-0.4, -0.2) is 19.1 Å². The van der Waals surface area contributed by atoms with Gasteiger partial charge < -0.3 is 19.2 Å². The molecule has 0 aliphatic heterocycles. The van der Waals surface area contributed by atoms with Crippen molar-refractivity contribution >= 4 is 45.1 Å². The summed E-state index contributed by atoms with van der Waals surface area (Å²) in [5, 5.41) is 5.42. The topological polar surface area (TPSA) is 60.7 Å². The molecule has 0 radical (unpaired) electrons. The number of hydrogen-bond acceptors (Lipinski definition) is 4. The number of carbonyl (C=O) groups is 1. The first kappa shape index (κ1) is 19.2. The van der Waals surface area contributed by atoms with Crippen LogP contribution in [-0.2, 0) is 4.79 Å². The van der Waals surface area contributed by atoms with E-state index in [1.54, 1.807) is 38.3 Å². The molecular formula is C23H20ClNO4. The van der Waals surface area contributed by atoms with Gasteiger partial charge in [0, 0.05) is 21.9 Å². The van der Waals surface area contributed by atoms with Gasteiger partial charge in [-0.1, -0.05) is 29.8 Å². The van der Waals surface area contributed by atoms with E-state index in [0.717, 1.165) is 21.9 Å².